The number of primary amides is 1. The van der Waals surface area contributed by atoms with Crippen molar-refractivity contribution < 1.29 is 14.0 Å². The van der Waals surface area contributed by atoms with E-state index in [-0.39, 0.29) is 5.56 Å². The second-order valence-corrected chi connectivity index (χ2v) is 4.97. The Morgan fingerprint density at radius 2 is 1.70 bits per heavy atom. The Morgan fingerprint density at radius 3 is 2.25 bits per heavy atom. The highest BCUT2D eigenvalue weighted by atomic mass is 79.9. The third-order valence-electron chi connectivity index (χ3n) is 2.55. The summed E-state index contributed by atoms with van der Waals surface area (Å²) in [6.07, 6.45) is 0. The number of amides is 2. The maximum Gasteiger partial charge on any atom is 0.255 e. The smallest absolute Gasteiger partial charge is 0.255 e. The van der Waals surface area contributed by atoms with Crippen LogP contribution >= 0.6 is 15.9 Å². The Labute approximate surface area is 122 Å². The molecule has 0 radical (unpaired) electrons. The zero-order valence-electron chi connectivity index (χ0n) is 10.2. The first-order valence-electron chi connectivity index (χ1n) is 5.63. The molecule has 3 N–H and O–H groups in total. The van der Waals surface area contributed by atoms with E-state index < -0.39 is 17.6 Å². The summed E-state index contributed by atoms with van der Waals surface area (Å²) in [6.45, 7) is 0. The number of rotatable bonds is 3. The molecule has 2 aromatic rings. The Balaban J connectivity index is 2.16. The van der Waals surface area contributed by atoms with Gasteiger partial charge in [-0.1, -0.05) is 15.9 Å². The normalized spacial score (nSPS) is 10.1. The molecule has 4 nitrogen and oxygen atoms in total. The first-order chi connectivity index (χ1) is 9.45. The van der Waals surface area contributed by atoms with E-state index in [0.717, 1.165) is 6.07 Å². The molecule has 0 heterocycles. The summed E-state index contributed by atoms with van der Waals surface area (Å²) in [4.78, 5) is 22.9. The molecule has 102 valence electrons. The summed E-state index contributed by atoms with van der Waals surface area (Å²) >= 11 is 3.12. The van der Waals surface area contributed by atoms with Gasteiger partial charge in [0, 0.05) is 21.3 Å². The molecule has 0 bridgehead atoms. The predicted octanol–water partition coefficient (Wildman–Crippen LogP) is 2.94. The van der Waals surface area contributed by atoms with Crippen LogP contribution in [0.4, 0.5) is 10.1 Å². The van der Waals surface area contributed by atoms with Gasteiger partial charge in [0.25, 0.3) is 5.91 Å². The molecule has 0 saturated heterocycles. The predicted molar refractivity (Wildman–Crippen MR) is 77.0 cm³/mol. The number of nitrogens with one attached hydrogen (secondary N) is 1. The summed E-state index contributed by atoms with van der Waals surface area (Å²) in [5.74, 6) is -1.50. The van der Waals surface area contributed by atoms with Crippen LogP contribution in [0.5, 0.6) is 0 Å². The van der Waals surface area contributed by atoms with Crippen LogP contribution in [0.3, 0.4) is 0 Å². The summed E-state index contributed by atoms with van der Waals surface area (Å²) in [7, 11) is 0. The molecular weight excluding hydrogens is 327 g/mol. The molecule has 0 saturated carbocycles. The molecule has 0 aliphatic carbocycles. The van der Waals surface area contributed by atoms with Crippen molar-refractivity contribution in [1.29, 1.82) is 0 Å². The van der Waals surface area contributed by atoms with Gasteiger partial charge in [0.1, 0.15) is 5.82 Å². The molecule has 2 rings (SSSR count). The Bertz CT molecular complexity index is 651. The molecule has 0 aliphatic heterocycles. The lowest BCUT2D eigenvalue weighted by molar-refractivity contribution is 0.0998. The molecule has 0 fully saturated rings. The highest BCUT2D eigenvalue weighted by Crippen LogP contribution is 2.17. The van der Waals surface area contributed by atoms with Gasteiger partial charge >= 0.3 is 0 Å². The van der Waals surface area contributed by atoms with E-state index >= 15 is 0 Å². The minimum absolute atomic E-state index is 0.191. The number of halogens is 2. The number of nitrogens with two attached hydrogens (primary N) is 1. The monoisotopic (exact) mass is 336 g/mol. The number of anilines is 1. The van der Waals surface area contributed by atoms with Crippen LogP contribution < -0.4 is 11.1 Å². The van der Waals surface area contributed by atoms with E-state index in [4.69, 9.17) is 5.73 Å². The molecule has 6 heteroatoms. The van der Waals surface area contributed by atoms with Gasteiger partial charge in [0.15, 0.2) is 0 Å². The van der Waals surface area contributed by atoms with Crippen molar-refractivity contribution in [2.24, 2.45) is 5.73 Å². The van der Waals surface area contributed by atoms with Crippen molar-refractivity contribution in [3.05, 3.63) is 63.9 Å². The van der Waals surface area contributed by atoms with Crippen LogP contribution in [0.2, 0.25) is 0 Å². The largest absolute Gasteiger partial charge is 0.366 e. The maximum absolute atomic E-state index is 13.2. The fourth-order valence-electron chi connectivity index (χ4n) is 1.61. The number of carbonyl (C=O) groups is 2. The molecule has 0 aromatic heterocycles. The van der Waals surface area contributed by atoms with Crippen LogP contribution in [-0.4, -0.2) is 11.8 Å². The Hall–Kier alpha value is -2.21. The average molecular weight is 337 g/mol. The molecule has 0 atom stereocenters. The van der Waals surface area contributed by atoms with Crippen LogP contribution in [0.25, 0.3) is 0 Å². The lowest BCUT2D eigenvalue weighted by Crippen LogP contribution is -2.13. The van der Waals surface area contributed by atoms with Crippen molar-refractivity contribution in [1.82, 2.24) is 0 Å². The van der Waals surface area contributed by atoms with Gasteiger partial charge in [0.05, 0.1) is 0 Å². The van der Waals surface area contributed by atoms with Gasteiger partial charge in [-0.15, -0.1) is 0 Å². The van der Waals surface area contributed by atoms with Crippen molar-refractivity contribution in [2.75, 3.05) is 5.32 Å². The second-order valence-electron chi connectivity index (χ2n) is 4.05. The number of benzene rings is 2. The number of hydrogen-bond acceptors (Lipinski definition) is 2. The van der Waals surface area contributed by atoms with Crippen LogP contribution in [0.1, 0.15) is 20.7 Å². The standard InChI is InChI=1S/C14H10BrFN2O2/c15-10-5-9(6-11(16)7-10)14(20)18-12-3-1-8(2-4-12)13(17)19/h1-7H,(H2,17,19)(H,18,20). The molecular formula is C14H10BrFN2O2. The van der Waals surface area contributed by atoms with Gasteiger partial charge in [0.2, 0.25) is 5.91 Å². The zero-order valence-corrected chi connectivity index (χ0v) is 11.8. The van der Waals surface area contributed by atoms with E-state index in [0.29, 0.717) is 15.7 Å². The second kappa shape index (κ2) is 5.83. The van der Waals surface area contributed by atoms with Gasteiger partial charge in [-0.2, -0.15) is 0 Å². The highest BCUT2D eigenvalue weighted by Gasteiger charge is 2.09. The van der Waals surface area contributed by atoms with E-state index in [9.17, 15) is 14.0 Å². The summed E-state index contributed by atoms with van der Waals surface area (Å²) in [5.41, 5.74) is 6.14. The Morgan fingerprint density at radius 1 is 1.05 bits per heavy atom. The third-order valence-corrected chi connectivity index (χ3v) is 3.01. The minimum atomic E-state index is -0.545. The molecule has 2 amide bonds. The molecule has 0 unspecified atom stereocenters. The molecule has 20 heavy (non-hydrogen) atoms. The van der Waals surface area contributed by atoms with Crippen LogP contribution in [0, 0.1) is 5.82 Å². The fourth-order valence-corrected chi connectivity index (χ4v) is 2.07. The lowest BCUT2D eigenvalue weighted by Gasteiger charge is -2.06. The average Bonchev–Trinajstić information content (AvgIpc) is 2.38. The van der Waals surface area contributed by atoms with E-state index in [1.165, 1.54) is 24.3 Å². The number of carbonyl (C=O) groups excluding carboxylic acids is 2. The minimum Gasteiger partial charge on any atom is -0.366 e. The quantitative estimate of drug-likeness (QED) is 0.904. The van der Waals surface area contributed by atoms with Crippen molar-refractivity contribution in [3.63, 3.8) is 0 Å². The summed E-state index contributed by atoms with van der Waals surface area (Å²) in [6, 6.07) is 10.0. The van der Waals surface area contributed by atoms with Crippen molar-refractivity contribution in [3.8, 4) is 0 Å². The summed E-state index contributed by atoms with van der Waals surface area (Å²) in [5, 5.41) is 2.60. The van der Waals surface area contributed by atoms with Gasteiger partial charge in [-0.3, -0.25) is 9.59 Å². The molecule has 2 aromatic carbocycles. The van der Waals surface area contributed by atoms with Crippen LogP contribution in [-0.2, 0) is 0 Å². The fraction of sp³-hybridized carbons (Fsp3) is 0. The zero-order chi connectivity index (χ0) is 14.7. The number of hydrogen-bond donors (Lipinski definition) is 2. The maximum atomic E-state index is 13.2. The molecule has 0 spiro atoms. The SMILES string of the molecule is NC(=O)c1ccc(NC(=O)c2cc(F)cc(Br)c2)cc1. The van der Waals surface area contributed by atoms with E-state index in [1.54, 1.807) is 12.1 Å². The van der Waals surface area contributed by atoms with Crippen LogP contribution in [0.15, 0.2) is 46.9 Å². The van der Waals surface area contributed by atoms with E-state index in [1.807, 2.05) is 0 Å². The first kappa shape index (κ1) is 14.2. The summed E-state index contributed by atoms with van der Waals surface area (Å²) < 4.78 is 13.7. The lowest BCUT2D eigenvalue weighted by atomic mass is 10.1. The topological polar surface area (TPSA) is 72.2 Å². The first-order valence-corrected chi connectivity index (χ1v) is 6.42. The third kappa shape index (κ3) is 3.42. The van der Waals surface area contributed by atoms with Gasteiger partial charge in [-0.05, 0) is 42.5 Å². The Kier molecular flexibility index (Phi) is 4.14. The van der Waals surface area contributed by atoms with Gasteiger partial charge < -0.3 is 11.1 Å². The van der Waals surface area contributed by atoms with Crippen molar-refractivity contribution >= 4 is 33.4 Å². The highest BCUT2D eigenvalue weighted by molar-refractivity contribution is 9.10. The van der Waals surface area contributed by atoms with Gasteiger partial charge in [-0.25, -0.2) is 4.39 Å². The van der Waals surface area contributed by atoms with E-state index in [2.05, 4.69) is 21.2 Å². The molecule has 0 aliphatic rings. The van der Waals surface area contributed by atoms with Crippen molar-refractivity contribution in [2.45, 2.75) is 0 Å².